The van der Waals surface area contributed by atoms with Crippen LogP contribution in [0.5, 0.6) is 0 Å². The molecule has 3 heteroatoms. The van der Waals surface area contributed by atoms with Crippen molar-refractivity contribution in [3.8, 4) is 0 Å². The maximum atomic E-state index is 10.0. The van der Waals surface area contributed by atoms with Crippen LogP contribution in [0.25, 0.3) is 0 Å². The molecule has 20 heavy (non-hydrogen) atoms. The van der Waals surface area contributed by atoms with E-state index in [0.717, 1.165) is 31.7 Å². The van der Waals surface area contributed by atoms with Gasteiger partial charge in [-0.2, -0.15) is 0 Å². The third-order valence-electron chi connectivity index (χ3n) is 3.68. The first-order valence-corrected chi connectivity index (χ1v) is 7.92. The molecule has 0 aliphatic carbocycles. The van der Waals surface area contributed by atoms with E-state index in [2.05, 4.69) is 55.3 Å². The Morgan fingerprint density at radius 1 is 1.10 bits per heavy atom. The van der Waals surface area contributed by atoms with Gasteiger partial charge in [0, 0.05) is 18.8 Å². The molecule has 0 aromatic heterocycles. The summed E-state index contributed by atoms with van der Waals surface area (Å²) in [5.41, 5.74) is 2.48. The lowest BCUT2D eigenvalue weighted by molar-refractivity contribution is 0.128. The van der Waals surface area contributed by atoms with Crippen LogP contribution < -0.4 is 5.32 Å². The van der Waals surface area contributed by atoms with Gasteiger partial charge in [-0.3, -0.25) is 0 Å². The molecule has 0 radical (unpaired) electrons. The van der Waals surface area contributed by atoms with Crippen LogP contribution in [0.3, 0.4) is 0 Å². The Bertz CT molecular complexity index is 347. The van der Waals surface area contributed by atoms with E-state index in [-0.39, 0.29) is 6.10 Å². The molecule has 0 saturated heterocycles. The quantitative estimate of drug-likeness (QED) is 0.690. The summed E-state index contributed by atoms with van der Waals surface area (Å²) in [5, 5.41) is 13.3. The molecule has 114 valence electrons. The molecule has 0 amide bonds. The van der Waals surface area contributed by atoms with Crippen molar-refractivity contribution in [3.05, 3.63) is 29.8 Å². The van der Waals surface area contributed by atoms with Gasteiger partial charge in [0.25, 0.3) is 0 Å². The second-order valence-electron chi connectivity index (χ2n) is 5.32. The Hall–Kier alpha value is -1.06. The van der Waals surface area contributed by atoms with Crippen molar-refractivity contribution < 1.29 is 5.11 Å². The molecule has 0 fully saturated rings. The first-order valence-electron chi connectivity index (χ1n) is 7.92. The highest BCUT2D eigenvalue weighted by atomic mass is 16.3. The van der Waals surface area contributed by atoms with E-state index in [1.807, 2.05) is 0 Å². The van der Waals surface area contributed by atoms with E-state index in [0.29, 0.717) is 6.54 Å². The summed E-state index contributed by atoms with van der Waals surface area (Å²) in [6.07, 6.45) is 3.31. The third kappa shape index (κ3) is 6.40. The number of aliphatic hydroxyl groups excluding tert-OH is 1. The molecule has 1 rings (SSSR count). The summed E-state index contributed by atoms with van der Waals surface area (Å²) in [6, 6.07) is 8.56. The molecule has 1 aromatic carbocycles. The summed E-state index contributed by atoms with van der Waals surface area (Å²) in [6.45, 7) is 9.77. The predicted molar refractivity (Wildman–Crippen MR) is 87.3 cm³/mol. The minimum absolute atomic E-state index is 0.324. The number of hydrogen-bond acceptors (Lipinski definition) is 3. The second-order valence-corrected chi connectivity index (χ2v) is 5.32. The Kier molecular flexibility index (Phi) is 8.31. The average Bonchev–Trinajstić information content (AvgIpc) is 2.49. The number of hydrogen-bond donors (Lipinski definition) is 2. The number of benzene rings is 1. The van der Waals surface area contributed by atoms with Crippen LogP contribution in [-0.2, 0) is 6.42 Å². The highest BCUT2D eigenvalue weighted by Crippen LogP contribution is 2.11. The predicted octanol–water partition coefficient (Wildman–Crippen LogP) is 3.14. The van der Waals surface area contributed by atoms with Crippen LogP contribution in [-0.4, -0.2) is 42.3 Å². The normalized spacial score (nSPS) is 12.7. The SMILES string of the molecule is CCCCc1ccc(NCC(O)CN(CC)CC)cc1. The number of nitrogens with zero attached hydrogens (tertiary/aromatic N) is 1. The van der Waals surface area contributed by atoms with E-state index in [1.165, 1.54) is 18.4 Å². The number of rotatable bonds is 10. The summed E-state index contributed by atoms with van der Waals surface area (Å²) in [5.74, 6) is 0. The molecule has 0 heterocycles. The molecule has 1 unspecified atom stereocenters. The van der Waals surface area contributed by atoms with Gasteiger partial charge in [0.05, 0.1) is 6.10 Å². The highest BCUT2D eigenvalue weighted by Gasteiger charge is 2.08. The largest absolute Gasteiger partial charge is 0.390 e. The zero-order valence-corrected chi connectivity index (χ0v) is 13.2. The van der Waals surface area contributed by atoms with E-state index in [1.54, 1.807) is 0 Å². The second kappa shape index (κ2) is 9.78. The van der Waals surface area contributed by atoms with Crippen LogP contribution in [0.2, 0.25) is 0 Å². The molecular formula is C17H30N2O. The smallest absolute Gasteiger partial charge is 0.0839 e. The van der Waals surface area contributed by atoms with E-state index in [9.17, 15) is 5.11 Å². The number of aryl methyl sites for hydroxylation is 1. The molecule has 0 aliphatic rings. The molecule has 0 spiro atoms. The maximum absolute atomic E-state index is 10.0. The Labute approximate surface area is 124 Å². The van der Waals surface area contributed by atoms with Crippen LogP contribution >= 0.6 is 0 Å². The van der Waals surface area contributed by atoms with E-state index >= 15 is 0 Å². The number of anilines is 1. The van der Waals surface area contributed by atoms with Crippen molar-refractivity contribution in [3.63, 3.8) is 0 Å². The highest BCUT2D eigenvalue weighted by molar-refractivity contribution is 5.44. The van der Waals surface area contributed by atoms with Crippen LogP contribution in [0.15, 0.2) is 24.3 Å². The van der Waals surface area contributed by atoms with Gasteiger partial charge < -0.3 is 15.3 Å². The maximum Gasteiger partial charge on any atom is 0.0839 e. The van der Waals surface area contributed by atoms with E-state index in [4.69, 9.17) is 0 Å². The fourth-order valence-electron chi connectivity index (χ4n) is 2.25. The summed E-state index contributed by atoms with van der Waals surface area (Å²) in [4.78, 5) is 2.24. The monoisotopic (exact) mass is 278 g/mol. The van der Waals surface area contributed by atoms with Crippen molar-refractivity contribution in [1.82, 2.24) is 4.90 Å². The Morgan fingerprint density at radius 3 is 2.30 bits per heavy atom. The molecule has 2 N–H and O–H groups in total. The lowest BCUT2D eigenvalue weighted by Gasteiger charge is -2.22. The lowest BCUT2D eigenvalue weighted by atomic mass is 10.1. The Balaban J connectivity index is 2.33. The van der Waals surface area contributed by atoms with Gasteiger partial charge in [-0.15, -0.1) is 0 Å². The topological polar surface area (TPSA) is 35.5 Å². The standard InChI is InChI=1S/C17H30N2O/c1-4-7-8-15-9-11-16(12-10-15)18-13-17(20)14-19(5-2)6-3/h9-12,17-18,20H,4-8,13-14H2,1-3H3. The minimum Gasteiger partial charge on any atom is -0.390 e. The van der Waals surface area contributed by atoms with Crippen molar-refractivity contribution in [2.24, 2.45) is 0 Å². The summed E-state index contributed by atoms with van der Waals surface area (Å²) >= 11 is 0. The van der Waals surface area contributed by atoms with Crippen molar-refractivity contribution in [1.29, 1.82) is 0 Å². The van der Waals surface area contributed by atoms with Crippen LogP contribution in [0.4, 0.5) is 5.69 Å². The van der Waals surface area contributed by atoms with Gasteiger partial charge in [0.2, 0.25) is 0 Å². The first-order chi connectivity index (χ1) is 9.69. The number of nitrogens with one attached hydrogen (secondary N) is 1. The van der Waals surface area contributed by atoms with Crippen molar-refractivity contribution >= 4 is 5.69 Å². The molecule has 0 aliphatic heterocycles. The molecule has 0 saturated carbocycles. The minimum atomic E-state index is -0.324. The van der Waals surface area contributed by atoms with E-state index < -0.39 is 0 Å². The molecular weight excluding hydrogens is 248 g/mol. The molecule has 1 aromatic rings. The molecule has 3 nitrogen and oxygen atoms in total. The van der Waals surface area contributed by atoms with Gasteiger partial charge in [-0.05, 0) is 43.6 Å². The van der Waals surface area contributed by atoms with Gasteiger partial charge >= 0.3 is 0 Å². The molecule has 0 bridgehead atoms. The van der Waals surface area contributed by atoms with Gasteiger partial charge in [-0.25, -0.2) is 0 Å². The number of aliphatic hydroxyl groups is 1. The fraction of sp³-hybridized carbons (Fsp3) is 0.647. The van der Waals surface area contributed by atoms with Gasteiger partial charge in [0.15, 0.2) is 0 Å². The molecule has 1 atom stereocenters. The fourth-order valence-corrected chi connectivity index (χ4v) is 2.25. The summed E-state index contributed by atoms with van der Waals surface area (Å²) in [7, 11) is 0. The van der Waals surface area contributed by atoms with Crippen molar-refractivity contribution in [2.75, 3.05) is 31.5 Å². The van der Waals surface area contributed by atoms with Gasteiger partial charge in [0.1, 0.15) is 0 Å². The zero-order valence-electron chi connectivity index (χ0n) is 13.2. The van der Waals surface area contributed by atoms with Gasteiger partial charge in [-0.1, -0.05) is 39.3 Å². The average molecular weight is 278 g/mol. The third-order valence-corrected chi connectivity index (χ3v) is 3.68. The first kappa shape index (κ1) is 17.0. The van der Waals surface area contributed by atoms with Crippen molar-refractivity contribution in [2.45, 2.75) is 46.1 Å². The zero-order chi connectivity index (χ0) is 14.8. The Morgan fingerprint density at radius 2 is 1.75 bits per heavy atom. The van der Waals surface area contributed by atoms with Crippen LogP contribution in [0.1, 0.15) is 39.2 Å². The summed E-state index contributed by atoms with van der Waals surface area (Å²) < 4.78 is 0. The lowest BCUT2D eigenvalue weighted by Crippen LogP contribution is -2.35. The number of likely N-dealkylation sites (N-methyl/N-ethyl adjacent to an activating group) is 1. The number of unbranched alkanes of at least 4 members (excludes halogenated alkanes) is 1. The van der Waals surface area contributed by atoms with Crippen LogP contribution in [0, 0.1) is 0 Å².